The van der Waals surface area contributed by atoms with Crippen molar-refractivity contribution in [3.8, 4) is 0 Å². The fourth-order valence-electron chi connectivity index (χ4n) is 1.79. The van der Waals surface area contributed by atoms with Crippen LogP contribution in [0.4, 0.5) is 0 Å². The Morgan fingerprint density at radius 2 is 1.90 bits per heavy atom. The molecule has 0 amide bonds. The normalized spacial score (nSPS) is 11.8. The van der Waals surface area contributed by atoms with Gasteiger partial charge in [-0.25, -0.2) is 13.1 Å². The van der Waals surface area contributed by atoms with E-state index in [2.05, 4.69) is 14.9 Å². The highest BCUT2D eigenvalue weighted by molar-refractivity contribution is 7.89. The molecule has 1 heterocycles. The number of aliphatic hydroxyl groups is 1. The molecule has 2 aromatic rings. The SMILES string of the molecule is Cc1ccc(CNS(=O)(=O)c2n[nH]c(C)c2CO)cc1. The van der Waals surface area contributed by atoms with Crippen LogP contribution < -0.4 is 4.72 Å². The molecule has 0 aliphatic heterocycles. The molecular formula is C13H17N3O3S. The molecule has 108 valence electrons. The molecule has 6 nitrogen and oxygen atoms in total. The third-order valence-corrected chi connectivity index (χ3v) is 4.41. The summed E-state index contributed by atoms with van der Waals surface area (Å²) in [5, 5.41) is 15.4. The zero-order valence-electron chi connectivity index (χ0n) is 11.3. The maximum Gasteiger partial charge on any atom is 0.260 e. The molecule has 1 aromatic heterocycles. The number of aliphatic hydroxyl groups excluding tert-OH is 1. The average molecular weight is 295 g/mol. The van der Waals surface area contributed by atoms with Gasteiger partial charge in [0.2, 0.25) is 0 Å². The van der Waals surface area contributed by atoms with E-state index in [0.717, 1.165) is 11.1 Å². The summed E-state index contributed by atoms with van der Waals surface area (Å²) in [6.45, 7) is 3.44. The minimum atomic E-state index is -3.74. The first kappa shape index (κ1) is 14.7. The standard InChI is InChI=1S/C13H17N3O3S/c1-9-3-5-11(6-4-9)7-14-20(18,19)13-12(8-17)10(2)15-16-13/h3-6,14,17H,7-8H2,1-2H3,(H,15,16). The predicted octanol–water partition coefficient (Wildman–Crippen LogP) is 0.997. The highest BCUT2D eigenvalue weighted by Crippen LogP contribution is 2.16. The molecule has 7 heteroatoms. The number of benzene rings is 1. The number of hydrogen-bond donors (Lipinski definition) is 3. The number of aryl methyl sites for hydroxylation is 2. The number of nitrogens with zero attached hydrogens (tertiary/aromatic N) is 1. The fourth-order valence-corrected chi connectivity index (χ4v) is 2.99. The van der Waals surface area contributed by atoms with Crippen molar-refractivity contribution in [3.05, 3.63) is 46.6 Å². The molecule has 0 atom stereocenters. The van der Waals surface area contributed by atoms with Gasteiger partial charge in [-0.05, 0) is 19.4 Å². The zero-order valence-corrected chi connectivity index (χ0v) is 12.2. The van der Waals surface area contributed by atoms with Gasteiger partial charge in [-0.2, -0.15) is 5.10 Å². The zero-order chi connectivity index (χ0) is 14.8. The summed E-state index contributed by atoms with van der Waals surface area (Å²) >= 11 is 0. The van der Waals surface area contributed by atoms with Gasteiger partial charge in [0.25, 0.3) is 10.0 Å². The van der Waals surface area contributed by atoms with Gasteiger partial charge in [0.05, 0.1) is 6.61 Å². The Morgan fingerprint density at radius 3 is 2.50 bits per heavy atom. The van der Waals surface area contributed by atoms with E-state index in [-0.39, 0.29) is 18.2 Å². The van der Waals surface area contributed by atoms with Crippen LogP contribution in [-0.4, -0.2) is 23.7 Å². The number of sulfonamides is 1. The Kier molecular flexibility index (Phi) is 4.22. The smallest absolute Gasteiger partial charge is 0.260 e. The number of H-pyrrole nitrogens is 1. The monoisotopic (exact) mass is 295 g/mol. The van der Waals surface area contributed by atoms with Crippen LogP contribution in [0.25, 0.3) is 0 Å². The minimum Gasteiger partial charge on any atom is -0.392 e. The van der Waals surface area contributed by atoms with Crippen LogP contribution >= 0.6 is 0 Å². The first-order valence-corrected chi connectivity index (χ1v) is 7.62. The predicted molar refractivity (Wildman–Crippen MR) is 74.5 cm³/mol. The number of rotatable bonds is 5. The second kappa shape index (κ2) is 5.74. The second-order valence-corrected chi connectivity index (χ2v) is 6.28. The Bertz CT molecular complexity index is 690. The van der Waals surface area contributed by atoms with Crippen molar-refractivity contribution < 1.29 is 13.5 Å². The third kappa shape index (κ3) is 3.06. The molecule has 0 fully saturated rings. The lowest BCUT2D eigenvalue weighted by atomic mass is 10.2. The van der Waals surface area contributed by atoms with Gasteiger partial charge in [0.1, 0.15) is 0 Å². The van der Waals surface area contributed by atoms with Gasteiger partial charge in [0, 0.05) is 17.8 Å². The van der Waals surface area contributed by atoms with Crippen LogP contribution in [-0.2, 0) is 23.2 Å². The van der Waals surface area contributed by atoms with Crippen molar-refractivity contribution in [2.75, 3.05) is 0 Å². The highest BCUT2D eigenvalue weighted by atomic mass is 32.2. The van der Waals surface area contributed by atoms with E-state index in [0.29, 0.717) is 11.3 Å². The Morgan fingerprint density at radius 1 is 1.25 bits per heavy atom. The molecule has 0 unspecified atom stereocenters. The van der Waals surface area contributed by atoms with Crippen molar-refractivity contribution in [1.29, 1.82) is 0 Å². The maximum atomic E-state index is 12.2. The molecule has 0 saturated heterocycles. The quantitative estimate of drug-likeness (QED) is 0.767. The lowest BCUT2D eigenvalue weighted by Crippen LogP contribution is -2.24. The maximum absolute atomic E-state index is 12.2. The van der Waals surface area contributed by atoms with Crippen LogP contribution in [0.2, 0.25) is 0 Å². The molecular weight excluding hydrogens is 278 g/mol. The highest BCUT2D eigenvalue weighted by Gasteiger charge is 2.22. The summed E-state index contributed by atoms with van der Waals surface area (Å²) in [7, 11) is -3.74. The topological polar surface area (TPSA) is 95.1 Å². The average Bonchev–Trinajstić information content (AvgIpc) is 2.80. The molecule has 0 aliphatic carbocycles. The second-order valence-electron chi connectivity index (χ2n) is 4.60. The van der Waals surface area contributed by atoms with E-state index >= 15 is 0 Å². The lowest BCUT2D eigenvalue weighted by molar-refractivity contribution is 0.277. The third-order valence-electron chi connectivity index (χ3n) is 3.04. The molecule has 2 rings (SSSR count). The Hall–Kier alpha value is -1.70. The lowest BCUT2D eigenvalue weighted by Gasteiger charge is -2.06. The van der Waals surface area contributed by atoms with Crippen LogP contribution in [0.5, 0.6) is 0 Å². The molecule has 0 bridgehead atoms. The first-order chi connectivity index (χ1) is 9.44. The van der Waals surface area contributed by atoms with Crippen molar-refractivity contribution >= 4 is 10.0 Å². The summed E-state index contributed by atoms with van der Waals surface area (Å²) < 4.78 is 26.8. The van der Waals surface area contributed by atoms with Crippen molar-refractivity contribution in [1.82, 2.24) is 14.9 Å². The minimum absolute atomic E-state index is 0.149. The number of aromatic amines is 1. The van der Waals surface area contributed by atoms with Gasteiger partial charge in [-0.3, -0.25) is 5.10 Å². The van der Waals surface area contributed by atoms with Crippen molar-refractivity contribution in [3.63, 3.8) is 0 Å². The summed E-state index contributed by atoms with van der Waals surface area (Å²) in [4.78, 5) is 0. The number of nitrogens with one attached hydrogen (secondary N) is 2. The van der Waals surface area contributed by atoms with Crippen LogP contribution in [0.1, 0.15) is 22.4 Å². The van der Waals surface area contributed by atoms with E-state index in [1.54, 1.807) is 6.92 Å². The molecule has 20 heavy (non-hydrogen) atoms. The van der Waals surface area contributed by atoms with Crippen LogP contribution in [0.3, 0.4) is 0 Å². The van der Waals surface area contributed by atoms with E-state index in [4.69, 9.17) is 0 Å². The van der Waals surface area contributed by atoms with Crippen molar-refractivity contribution in [2.45, 2.75) is 32.0 Å². The fraction of sp³-hybridized carbons (Fsp3) is 0.308. The summed E-state index contributed by atoms with van der Waals surface area (Å²) in [6, 6.07) is 7.56. The first-order valence-electron chi connectivity index (χ1n) is 6.14. The Balaban J connectivity index is 2.17. The summed E-state index contributed by atoms with van der Waals surface area (Å²) in [6.07, 6.45) is 0. The molecule has 1 aromatic carbocycles. The van der Waals surface area contributed by atoms with Gasteiger partial charge in [0.15, 0.2) is 5.03 Å². The van der Waals surface area contributed by atoms with Gasteiger partial charge in [-0.1, -0.05) is 29.8 Å². The van der Waals surface area contributed by atoms with Gasteiger partial charge >= 0.3 is 0 Å². The van der Waals surface area contributed by atoms with Gasteiger partial charge < -0.3 is 5.11 Å². The van der Waals surface area contributed by atoms with Crippen LogP contribution in [0, 0.1) is 13.8 Å². The van der Waals surface area contributed by atoms with E-state index in [9.17, 15) is 13.5 Å². The molecule has 3 N–H and O–H groups in total. The number of hydrogen-bond acceptors (Lipinski definition) is 4. The summed E-state index contributed by atoms with van der Waals surface area (Å²) in [5.41, 5.74) is 2.81. The molecule has 0 saturated carbocycles. The van der Waals surface area contributed by atoms with E-state index in [1.807, 2.05) is 31.2 Å². The molecule has 0 spiro atoms. The van der Waals surface area contributed by atoms with Gasteiger partial charge in [-0.15, -0.1) is 0 Å². The molecule has 0 aliphatic rings. The van der Waals surface area contributed by atoms with Crippen molar-refractivity contribution in [2.24, 2.45) is 0 Å². The Labute approximate surface area is 117 Å². The summed E-state index contributed by atoms with van der Waals surface area (Å²) in [5.74, 6) is 0. The largest absolute Gasteiger partial charge is 0.392 e. The van der Waals surface area contributed by atoms with Crippen LogP contribution in [0.15, 0.2) is 29.3 Å². The number of aromatic nitrogens is 2. The van der Waals surface area contributed by atoms with E-state index < -0.39 is 10.0 Å². The van der Waals surface area contributed by atoms with E-state index in [1.165, 1.54) is 0 Å². The molecule has 0 radical (unpaired) electrons.